The zero-order valence-electron chi connectivity index (χ0n) is 14.5. The molecule has 0 aliphatic heterocycles. The molecule has 0 aliphatic carbocycles. The summed E-state index contributed by atoms with van der Waals surface area (Å²) in [5, 5.41) is 2.40. The monoisotopic (exact) mass is 418 g/mol. The van der Waals surface area contributed by atoms with Gasteiger partial charge in [0.25, 0.3) is 10.0 Å². The lowest BCUT2D eigenvalue weighted by atomic mass is 10.3. The standard InChI is InChI=1S/C20H16ClFN2O3S/c21-18-13-16(11-12-19(18)22)24(28(26,27)17-9-5-2-6-10-17)14-20(25)23-15-7-3-1-4-8-15/h1-13H,14H2,(H,23,25). The average Bonchev–Trinajstić information content (AvgIpc) is 2.70. The Balaban J connectivity index is 1.97. The number of carbonyl (C=O) groups is 1. The first-order valence-electron chi connectivity index (χ1n) is 8.25. The molecule has 1 N–H and O–H groups in total. The van der Waals surface area contributed by atoms with Gasteiger partial charge in [-0.05, 0) is 42.5 Å². The number of hydrogen-bond acceptors (Lipinski definition) is 3. The zero-order chi connectivity index (χ0) is 20.1. The van der Waals surface area contributed by atoms with Crippen LogP contribution in [0.1, 0.15) is 0 Å². The van der Waals surface area contributed by atoms with Gasteiger partial charge in [-0.15, -0.1) is 0 Å². The lowest BCUT2D eigenvalue weighted by molar-refractivity contribution is -0.114. The normalized spacial score (nSPS) is 11.1. The lowest BCUT2D eigenvalue weighted by Crippen LogP contribution is -2.38. The van der Waals surface area contributed by atoms with Crippen molar-refractivity contribution < 1.29 is 17.6 Å². The van der Waals surface area contributed by atoms with Crippen molar-refractivity contribution in [2.75, 3.05) is 16.2 Å². The number of nitrogens with zero attached hydrogens (tertiary/aromatic N) is 1. The number of anilines is 2. The lowest BCUT2D eigenvalue weighted by Gasteiger charge is -2.24. The molecular weight excluding hydrogens is 403 g/mol. The van der Waals surface area contributed by atoms with Crippen LogP contribution in [-0.4, -0.2) is 20.9 Å². The molecule has 1 amide bonds. The highest BCUT2D eigenvalue weighted by molar-refractivity contribution is 7.92. The number of sulfonamides is 1. The maximum absolute atomic E-state index is 13.6. The predicted molar refractivity (Wildman–Crippen MR) is 107 cm³/mol. The Morgan fingerprint density at radius 1 is 0.964 bits per heavy atom. The summed E-state index contributed by atoms with van der Waals surface area (Å²) < 4.78 is 40.7. The third-order valence-corrected chi connectivity index (χ3v) is 5.94. The molecule has 0 atom stereocenters. The summed E-state index contributed by atoms with van der Waals surface area (Å²) in [6, 6.07) is 19.8. The van der Waals surface area contributed by atoms with Crippen molar-refractivity contribution in [3.8, 4) is 0 Å². The smallest absolute Gasteiger partial charge is 0.264 e. The van der Waals surface area contributed by atoms with Gasteiger partial charge in [0.15, 0.2) is 0 Å². The van der Waals surface area contributed by atoms with Crippen LogP contribution in [0, 0.1) is 5.82 Å². The molecule has 0 radical (unpaired) electrons. The van der Waals surface area contributed by atoms with E-state index in [1.165, 1.54) is 24.3 Å². The third-order valence-electron chi connectivity index (χ3n) is 3.87. The number of benzene rings is 3. The molecule has 0 bridgehead atoms. The van der Waals surface area contributed by atoms with Crippen LogP contribution in [0.5, 0.6) is 0 Å². The van der Waals surface area contributed by atoms with Gasteiger partial charge >= 0.3 is 0 Å². The summed E-state index contributed by atoms with van der Waals surface area (Å²) in [4.78, 5) is 12.5. The van der Waals surface area contributed by atoms with Gasteiger partial charge in [-0.2, -0.15) is 0 Å². The number of rotatable bonds is 6. The maximum Gasteiger partial charge on any atom is 0.264 e. The second kappa shape index (κ2) is 8.41. The van der Waals surface area contributed by atoms with E-state index in [9.17, 15) is 17.6 Å². The van der Waals surface area contributed by atoms with Crippen LogP contribution in [0.3, 0.4) is 0 Å². The number of hydrogen-bond donors (Lipinski definition) is 1. The molecule has 0 aromatic heterocycles. The Morgan fingerprint density at radius 2 is 1.57 bits per heavy atom. The van der Waals surface area contributed by atoms with Gasteiger partial charge in [0.1, 0.15) is 12.4 Å². The molecule has 3 aromatic carbocycles. The van der Waals surface area contributed by atoms with Crippen molar-refractivity contribution in [2.24, 2.45) is 0 Å². The largest absolute Gasteiger partial charge is 0.325 e. The van der Waals surface area contributed by atoms with Crippen molar-refractivity contribution in [3.05, 3.63) is 89.7 Å². The predicted octanol–water partition coefficient (Wildman–Crippen LogP) is 4.31. The Kier molecular flexibility index (Phi) is 5.96. The number of carbonyl (C=O) groups excluding carboxylic acids is 1. The van der Waals surface area contributed by atoms with E-state index in [1.807, 2.05) is 0 Å². The van der Waals surface area contributed by atoms with Gasteiger partial charge in [-0.1, -0.05) is 48.0 Å². The minimum absolute atomic E-state index is 0.00274. The van der Waals surface area contributed by atoms with Gasteiger partial charge in [-0.3, -0.25) is 9.10 Å². The average molecular weight is 419 g/mol. The highest BCUT2D eigenvalue weighted by Gasteiger charge is 2.27. The highest BCUT2D eigenvalue weighted by atomic mass is 35.5. The van der Waals surface area contributed by atoms with E-state index in [1.54, 1.807) is 48.5 Å². The fourth-order valence-corrected chi connectivity index (χ4v) is 4.14. The van der Waals surface area contributed by atoms with Crippen molar-refractivity contribution >= 4 is 38.9 Å². The first-order valence-corrected chi connectivity index (χ1v) is 10.1. The van der Waals surface area contributed by atoms with Crippen LogP contribution in [0.2, 0.25) is 5.02 Å². The molecule has 3 rings (SSSR count). The van der Waals surface area contributed by atoms with Crippen molar-refractivity contribution in [1.29, 1.82) is 0 Å². The Labute approximate surface area is 167 Å². The summed E-state index contributed by atoms with van der Waals surface area (Å²) in [5.74, 6) is -1.23. The Hall–Kier alpha value is -2.90. The quantitative estimate of drug-likeness (QED) is 0.648. The fourth-order valence-electron chi connectivity index (χ4n) is 2.53. The van der Waals surface area contributed by atoms with Crippen molar-refractivity contribution in [3.63, 3.8) is 0 Å². The molecule has 0 unspecified atom stereocenters. The molecule has 0 saturated carbocycles. The van der Waals surface area contributed by atoms with Crippen LogP contribution in [0.4, 0.5) is 15.8 Å². The summed E-state index contributed by atoms with van der Waals surface area (Å²) in [7, 11) is -4.08. The van der Waals surface area contributed by atoms with E-state index in [2.05, 4.69) is 5.32 Å². The third kappa shape index (κ3) is 4.49. The molecular formula is C20H16ClFN2O3S. The van der Waals surface area contributed by atoms with Crippen molar-refractivity contribution in [1.82, 2.24) is 0 Å². The summed E-state index contributed by atoms with van der Waals surface area (Å²) in [6.45, 7) is -0.506. The van der Waals surface area contributed by atoms with Crippen LogP contribution in [0.25, 0.3) is 0 Å². The molecule has 144 valence electrons. The van der Waals surface area contributed by atoms with Gasteiger partial charge in [-0.25, -0.2) is 12.8 Å². The summed E-state index contributed by atoms with van der Waals surface area (Å²) >= 11 is 5.82. The molecule has 5 nitrogen and oxygen atoms in total. The SMILES string of the molecule is O=C(CN(c1ccc(F)c(Cl)c1)S(=O)(=O)c1ccccc1)Nc1ccccc1. The van der Waals surface area contributed by atoms with Gasteiger partial charge < -0.3 is 5.32 Å². The maximum atomic E-state index is 13.6. The minimum Gasteiger partial charge on any atom is -0.325 e. The molecule has 0 spiro atoms. The van der Waals surface area contributed by atoms with Gasteiger partial charge in [0.05, 0.1) is 15.6 Å². The molecule has 3 aromatic rings. The van der Waals surface area contributed by atoms with E-state index in [0.29, 0.717) is 5.69 Å². The van der Waals surface area contributed by atoms with Crippen LogP contribution >= 0.6 is 11.6 Å². The molecule has 0 heterocycles. The molecule has 0 aliphatic rings. The summed E-state index contributed by atoms with van der Waals surface area (Å²) in [6.07, 6.45) is 0. The van der Waals surface area contributed by atoms with Gasteiger partial charge in [0, 0.05) is 5.69 Å². The van der Waals surface area contributed by atoms with E-state index in [4.69, 9.17) is 11.6 Å². The van der Waals surface area contributed by atoms with E-state index < -0.39 is 28.3 Å². The topological polar surface area (TPSA) is 66.5 Å². The van der Waals surface area contributed by atoms with E-state index in [0.717, 1.165) is 10.4 Å². The number of amides is 1. The van der Waals surface area contributed by atoms with Crippen molar-refractivity contribution in [2.45, 2.75) is 4.90 Å². The van der Waals surface area contributed by atoms with E-state index in [-0.39, 0.29) is 15.6 Å². The highest BCUT2D eigenvalue weighted by Crippen LogP contribution is 2.27. The Bertz CT molecular complexity index is 1080. The second-order valence-electron chi connectivity index (χ2n) is 5.84. The molecule has 8 heteroatoms. The molecule has 0 fully saturated rings. The zero-order valence-corrected chi connectivity index (χ0v) is 16.1. The Morgan fingerprint density at radius 3 is 2.18 bits per heavy atom. The number of halogens is 2. The van der Waals surface area contributed by atoms with Gasteiger partial charge in [0.2, 0.25) is 5.91 Å². The number of para-hydroxylation sites is 1. The fraction of sp³-hybridized carbons (Fsp3) is 0.0500. The first kappa shape index (κ1) is 19.9. The summed E-state index contributed by atoms with van der Waals surface area (Å²) in [5.41, 5.74) is 0.611. The number of nitrogens with one attached hydrogen (secondary N) is 1. The van der Waals surface area contributed by atoms with Crippen LogP contribution in [0.15, 0.2) is 83.8 Å². The molecule has 0 saturated heterocycles. The first-order chi connectivity index (χ1) is 13.4. The van der Waals surface area contributed by atoms with E-state index >= 15 is 0 Å². The second-order valence-corrected chi connectivity index (χ2v) is 8.11. The van der Waals surface area contributed by atoms with Crippen LogP contribution in [-0.2, 0) is 14.8 Å². The molecule has 28 heavy (non-hydrogen) atoms. The minimum atomic E-state index is -4.08. The van der Waals surface area contributed by atoms with Crippen LogP contribution < -0.4 is 9.62 Å².